The highest BCUT2D eigenvalue weighted by molar-refractivity contribution is 5.99. The molecule has 1 aromatic heterocycles. The zero-order valence-corrected chi connectivity index (χ0v) is 13.5. The lowest BCUT2D eigenvalue weighted by molar-refractivity contribution is 0.0695. The highest BCUT2D eigenvalue weighted by atomic mass is 19.1. The molecule has 1 aliphatic carbocycles. The fourth-order valence-electron chi connectivity index (χ4n) is 3.12. The largest absolute Gasteiger partial charge is 0.478 e. The molecule has 0 unspecified atom stereocenters. The number of halogens is 2. The zero-order valence-electron chi connectivity index (χ0n) is 13.5. The van der Waals surface area contributed by atoms with Crippen LogP contribution in [0.1, 0.15) is 51.1 Å². The van der Waals surface area contributed by atoms with E-state index in [2.05, 4.69) is 10.3 Å². The van der Waals surface area contributed by atoms with Gasteiger partial charge in [-0.3, -0.25) is 9.78 Å². The van der Waals surface area contributed by atoms with Crippen LogP contribution in [-0.4, -0.2) is 22.0 Å². The summed E-state index contributed by atoms with van der Waals surface area (Å²) in [6.07, 6.45) is 4.29. The van der Waals surface area contributed by atoms with E-state index in [4.69, 9.17) is 5.11 Å². The molecule has 3 rings (SSSR count). The molecule has 1 aromatic carbocycles. The van der Waals surface area contributed by atoms with Crippen molar-refractivity contribution >= 4 is 11.9 Å². The van der Waals surface area contributed by atoms with Gasteiger partial charge < -0.3 is 10.4 Å². The molecular weight excluding hydrogens is 330 g/mol. The number of pyridine rings is 1. The van der Waals surface area contributed by atoms with Crippen molar-refractivity contribution in [2.45, 2.75) is 31.7 Å². The van der Waals surface area contributed by atoms with Crippen LogP contribution in [0.4, 0.5) is 8.78 Å². The maximum atomic E-state index is 14.2. The first kappa shape index (κ1) is 17.0. The van der Waals surface area contributed by atoms with E-state index in [1.807, 2.05) is 0 Å². The van der Waals surface area contributed by atoms with Crippen LogP contribution in [0.25, 0.3) is 0 Å². The number of amides is 1. The fourth-order valence-corrected chi connectivity index (χ4v) is 3.12. The zero-order chi connectivity index (χ0) is 18.2. The number of carbonyl (C=O) groups excluding carboxylic acids is 1. The van der Waals surface area contributed by atoms with Crippen molar-refractivity contribution in [1.82, 2.24) is 10.3 Å². The number of carboxylic acids is 1. The average Bonchev–Trinajstić information content (AvgIpc) is 2.51. The predicted molar refractivity (Wildman–Crippen MR) is 85.3 cm³/mol. The summed E-state index contributed by atoms with van der Waals surface area (Å²) >= 11 is 0. The summed E-state index contributed by atoms with van der Waals surface area (Å²) in [6.45, 7) is 1.52. The quantitative estimate of drug-likeness (QED) is 0.891. The molecule has 1 aliphatic rings. The number of aromatic carboxylic acids is 1. The van der Waals surface area contributed by atoms with E-state index >= 15 is 0 Å². The standard InChI is InChI=1S/C18H16F2N2O3/c1-10-12(8-21-9-13(10)17(24)25)16(23)22-18(5-2-6-18)14-4-3-11(19)7-15(14)20/h3-4,7-9H,2,5-6H2,1H3,(H,22,23)(H,24,25). The van der Waals surface area contributed by atoms with E-state index in [1.54, 1.807) is 0 Å². The molecule has 1 fully saturated rings. The minimum atomic E-state index is -1.18. The summed E-state index contributed by atoms with van der Waals surface area (Å²) in [5.74, 6) is -3.11. The monoisotopic (exact) mass is 346 g/mol. The van der Waals surface area contributed by atoms with Gasteiger partial charge in [-0.1, -0.05) is 6.07 Å². The first-order chi connectivity index (χ1) is 11.8. The average molecular weight is 346 g/mol. The number of aromatic nitrogens is 1. The van der Waals surface area contributed by atoms with Crippen molar-refractivity contribution in [1.29, 1.82) is 0 Å². The Balaban J connectivity index is 1.94. The lowest BCUT2D eigenvalue weighted by Crippen LogP contribution is -2.51. The molecule has 2 N–H and O–H groups in total. The molecule has 0 saturated heterocycles. The number of hydrogen-bond acceptors (Lipinski definition) is 3. The van der Waals surface area contributed by atoms with Crippen LogP contribution in [0, 0.1) is 18.6 Å². The Hall–Kier alpha value is -2.83. The second kappa shape index (κ2) is 6.23. The molecule has 1 saturated carbocycles. The summed E-state index contributed by atoms with van der Waals surface area (Å²) in [4.78, 5) is 27.6. The highest BCUT2D eigenvalue weighted by Crippen LogP contribution is 2.42. The van der Waals surface area contributed by atoms with Gasteiger partial charge >= 0.3 is 5.97 Å². The number of nitrogens with zero attached hydrogens (tertiary/aromatic N) is 1. The van der Waals surface area contributed by atoms with Crippen LogP contribution >= 0.6 is 0 Å². The number of benzene rings is 1. The van der Waals surface area contributed by atoms with E-state index in [0.717, 1.165) is 18.6 Å². The third-order valence-electron chi connectivity index (χ3n) is 4.70. The van der Waals surface area contributed by atoms with Gasteiger partial charge in [-0.15, -0.1) is 0 Å². The summed E-state index contributed by atoms with van der Waals surface area (Å²) < 4.78 is 27.4. The minimum Gasteiger partial charge on any atom is -0.478 e. The van der Waals surface area contributed by atoms with Crippen molar-refractivity contribution in [3.63, 3.8) is 0 Å². The number of nitrogens with one attached hydrogen (secondary N) is 1. The molecule has 2 aromatic rings. The number of hydrogen-bond donors (Lipinski definition) is 2. The highest BCUT2D eigenvalue weighted by Gasteiger charge is 2.42. The maximum Gasteiger partial charge on any atom is 0.337 e. The van der Waals surface area contributed by atoms with Crippen LogP contribution in [0.5, 0.6) is 0 Å². The van der Waals surface area contributed by atoms with E-state index < -0.39 is 29.0 Å². The molecule has 1 heterocycles. The number of rotatable bonds is 4. The first-order valence-electron chi connectivity index (χ1n) is 7.80. The minimum absolute atomic E-state index is 0.0664. The van der Waals surface area contributed by atoms with Gasteiger partial charge in [-0.2, -0.15) is 0 Å². The Morgan fingerprint density at radius 2 is 1.88 bits per heavy atom. The van der Waals surface area contributed by atoms with E-state index in [0.29, 0.717) is 12.8 Å². The molecule has 5 nitrogen and oxygen atoms in total. The summed E-state index contributed by atoms with van der Waals surface area (Å²) in [5.41, 5.74) is -0.347. The topological polar surface area (TPSA) is 79.3 Å². The number of carboxylic acid groups (broad SMARTS) is 1. The van der Waals surface area contributed by atoms with Gasteiger partial charge in [0.05, 0.1) is 16.7 Å². The summed E-state index contributed by atoms with van der Waals surface area (Å²) in [6, 6.07) is 3.28. The van der Waals surface area contributed by atoms with E-state index in [-0.39, 0.29) is 22.3 Å². The Labute approximate surface area is 142 Å². The lowest BCUT2D eigenvalue weighted by atomic mass is 9.71. The summed E-state index contributed by atoms with van der Waals surface area (Å²) in [5, 5.41) is 11.9. The van der Waals surface area contributed by atoms with E-state index in [1.165, 1.54) is 25.4 Å². The molecule has 0 atom stereocenters. The van der Waals surface area contributed by atoms with Gasteiger partial charge in [0.15, 0.2) is 0 Å². The first-order valence-corrected chi connectivity index (χ1v) is 7.80. The molecule has 0 radical (unpaired) electrons. The van der Waals surface area contributed by atoms with Crippen LogP contribution in [-0.2, 0) is 5.54 Å². The second-order valence-corrected chi connectivity index (χ2v) is 6.18. The van der Waals surface area contributed by atoms with Gasteiger partial charge in [-0.05, 0) is 37.8 Å². The third kappa shape index (κ3) is 2.97. The molecule has 0 aliphatic heterocycles. The molecule has 25 heavy (non-hydrogen) atoms. The van der Waals surface area contributed by atoms with Crippen molar-refractivity contribution in [2.75, 3.05) is 0 Å². The Bertz CT molecular complexity index is 863. The molecule has 0 spiro atoms. The van der Waals surface area contributed by atoms with Gasteiger partial charge in [0, 0.05) is 24.0 Å². The van der Waals surface area contributed by atoms with Crippen molar-refractivity contribution in [2.24, 2.45) is 0 Å². The maximum absolute atomic E-state index is 14.2. The molecule has 130 valence electrons. The van der Waals surface area contributed by atoms with E-state index in [9.17, 15) is 18.4 Å². The second-order valence-electron chi connectivity index (χ2n) is 6.18. The van der Waals surface area contributed by atoms with Gasteiger partial charge in [0.2, 0.25) is 0 Å². The molecule has 7 heteroatoms. The number of carbonyl (C=O) groups is 2. The predicted octanol–water partition coefficient (Wildman–Crippen LogP) is 3.18. The Kier molecular flexibility index (Phi) is 4.24. The fraction of sp³-hybridized carbons (Fsp3) is 0.278. The van der Waals surface area contributed by atoms with Crippen LogP contribution < -0.4 is 5.32 Å². The van der Waals surface area contributed by atoms with Crippen LogP contribution in [0.2, 0.25) is 0 Å². The molecule has 0 bridgehead atoms. The normalized spacial score (nSPS) is 15.3. The smallest absolute Gasteiger partial charge is 0.337 e. The molecule has 1 amide bonds. The van der Waals surface area contributed by atoms with Crippen LogP contribution in [0.15, 0.2) is 30.6 Å². The summed E-state index contributed by atoms with van der Waals surface area (Å²) in [7, 11) is 0. The SMILES string of the molecule is Cc1c(C(=O)O)cncc1C(=O)NC1(c2ccc(F)cc2F)CCC1. The van der Waals surface area contributed by atoms with Gasteiger partial charge in [0.25, 0.3) is 5.91 Å². The Morgan fingerprint density at radius 3 is 2.44 bits per heavy atom. The van der Waals surface area contributed by atoms with Crippen LogP contribution in [0.3, 0.4) is 0 Å². The van der Waals surface area contributed by atoms with Gasteiger partial charge in [0.1, 0.15) is 11.6 Å². The van der Waals surface area contributed by atoms with Crippen molar-refractivity contribution < 1.29 is 23.5 Å². The van der Waals surface area contributed by atoms with Crippen molar-refractivity contribution in [3.05, 3.63) is 64.5 Å². The Morgan fingerprint density at radius 1 is 1.20 bits per heavy atom. The van der Waals surface area contributed by atoms with Crippen molar-refractivity contribution in [3.8, 4) is 0 Å². The van der Waals surface area contributed by atoms with Gasteiger partial charge in [-0.25, -0.2) is 13.6 Å². The lowest BCUT2D eigenvalue weighted by Gasteiger charge is -2.43. The molecular formula is C18H16F2N2O3. The third-order valence-corrected chi connectivity index (χ3v) is 4.70.